The molecule has 0 bridgehead atoms. The summed E-state index contributed by atoms with van der Waals surface area (Å²) in [4.78, 5) is 81.9. The molecule has 44 heavy (non-hydrogen) atoms. The number of β-lactam (4-membered cyclic amide) rings is 1. The van der Waals surface area contributed by atoms with Crippen molar-refractivity contribution in [2.24, 2.45) is 5.16 Å². The summed E-state index contributed by atoms with van der Waals surface area (Å²) < 4.78 is 33.0. The summed E-state index contributed by atoms with van der Waals surface area (Å²) in [6.45, 7) is 0.938. The Labute approximate surface area is 251 Å². The minimum Gasteiger partial charge on any atom is -0.504 e. The fraction of sp³-hybridized carbons (Fsp3) is 0.364. The number of aromatic nitrogens is 1. The van der Waals surface area contributed by atoms with E-state index in [1.807, 2.05) is 5.32 Å². The van der Waals surface area contributed by atoms with Crippen LogP contribution in [0.4, 0.5) is 5.13 Å². The molecular formula is C22H25N7O13S2. The number of nitrogens with one attached hydrogen (secondary N) is 3. The summed E-state index contributed by atoms with van der Waals surface area (Å²) in [6, 6.07) is -3.39. The van der Waals surface area contributed by atoms with Crippen molar-refractivity contribution in [3.8, 4) is 0 Å². The highest BCUT2D eigenvalue weighted by Gasteiger charge is 2.54. The lowest BCUT2D eigenvalue weighted by atomic mass is 9.98. The summed E-state index contributed by atoms with van der Waals surface area (Å²) in [5.41, 5.74) is 2.74. The molecule has 2 aliphatic rings. The number of nitrogen functional groups attached to an aromatic ring is 1. The number of thiazole rings is 1. The Kier molecular flexibility index (Phi) is 9.72. The number of aliphatic carboxylic acids is 1. The van der Waals surface area contributed by atoms with Gasteiger partial charge in [0.15, 0.2) is 16.6 Å². The van der Waals surface area contributed by atoms with Crippen molar-refractivity contribution < 1.29 is 61.9 Å². The minimum absolute atomic E-state index is 0.0235. The number of rotatable bonds is 11. The van der Waals surface area contributed by atoms with Gasteiger partial charge in [0.25, 0.3) is 11.8 Å². The molecule has 2 heterocycles. The van der Waals surface area contributed by atoms with Crippen molar-refractivity contribution in [3.63, 3.8) is 0 Å². The highest BCUT2D eigenvalue weighted by atomic mass is 32.2. The van der Waals surface area contributed by atoms with Crippen LogP contribution in [0.15, 0.2) is 34.0 Å². The van der Waals surface area contributed by atoms with Crippen LogP contribution in [-0.4, -0.2) is 116 Å². The van der Waals surface area contributed by atoms with E-state index in [0.29, 0.717) is 0 Å². The van der Waals surface area contributed by atoms with Gasteiger partial charge in [0, 0.05) is 18.5 Å². The summed E-state index contributed by atoms with van der Waals surface area (Å²) in [5.74, 6) is -8.25. The molecule has 3 atom stereocenters. The monoisotopic (exact) mass is 659 g/mol. The normalized spacial score (nSPS) is 20.6. The molecule has 20 nitrogen and oxygen atoms in total. The highest BCUT2D eigenvalue weighted by molar-refractivity contribution is 7.84. The Balaban J connectivity index is 1.73. The third-order valence-corrected chi connectivity index (χ3v) is 7.58. The number of oxime groups is 1. The second-order valence-corrected chi connectivity index (χ2v) is 11.7. The maximum absolute atomic E-state index is 13.1. The molecule has 1 unspecified atom stereocenters. The number of carboxylic acid groups (broad SMARTS) is 1. The van der Waals surface area contributed by atoms with Crippen LogP contribution < -0.4 is 21.7 Å². The van der Waals surface area contributed by atoms with Gasteiger partial charge < -0.3 is 41.8 Å². The zero-order chi connectivity index (χ0) is 33.1. The summed E-state index contributed by atoms with van der Waals surface area (Å²) in [7, 11) is -5.21. The Morgan fingerprint density at radius 1 is 1.18 bits per heavy atom. The van der Waals surface area contributed by atoms with Gasteiger partial charge >= 0.3 is 28.1 Å². The second kappa shape index (κ2) is 12.7. The van der Waals surface area contributed by atoms with Crippen molar-refractivity contribution in [3.05, 3.63) is 34.6 Å². The Hall–Kier alpha value is -4.93. The predicted molar refractivity (Wildman–Crippen MR) is 146 cm³/mol. The zero-order valence-electron chi connectivity index (χ0n) is 22.6. The van der Waals surface area contributed by atoms with Crippen LogP contribution in [0.2, 0.25) is 0 Å². The van der Waals surface area contributed by atoms with Crippen LogP contribution in [0.3, 0.4) is 0 Å². The average molecular weight is 660 g/mol. The number of allylic oxidation sites excluding steroid dienone is 1. The van der Waals surface area contributed by atoms with E-state index in [-0.39, 0.29) is 20.7 Å². The number of hydrogen-bond acceptors (Lipinski definition) is 15. The van der Waals surface area contributed by atoms with E-state index in [1.54, 1.807) is 0 Å². The summed E-state index contributed by atoms with van der Waals surface area (Å²) >= 11 is 0.874. The molecule has 1 saturated heterocycles. The Morgan fingerprint density at radius 2 is 1.82 bits per heavy atom. The molecule has 4 amide bonds. The van der Waals surface area contributed by atoms with Crippen molar-refractivity contribution in [1.82, 2.24) is 25.2 Å². The number of carbonyl (C=O) groups excluding carboxylic acids is 5. The van der Waals surface area contributed by atoms with E-state index in [1.165, 1.54) is 5.38 Å². The van der Waals surface area contributed by atoms with Gasteiger partial charge in [0.05, 0.1) is 12.1 Å². The number of aliphatic hydroxyl groups excluding tert-OH is 2. The maximum Gasteiger partial charge on any atom is 0.362 e. The van der Waals surface area contributed by atoms with E-state index in [9.17, 15) is 57.1 Å². The third-order valence-electron chi connectivity index (χ3n) is 5.96. The molecule has 0 aromatic carbocycles. The lowest BCUT2D eigenvalue weighted by molar-refractivity contribution is -0.161. The quantitative estimate of drug-likeness (QED) is 0.0373. The molecule has 1 fully saturated rings. The van der Waals surface area contributed by atoms with Crippen LogP contribution >= 0.6 is 11.3 Å². The molecule has 0 saturated carbocycles. The van der Waals surface area contributed by atoms with Gasteiger partial charge in [-0.25, -0.2) is 14.1 Å². The van der Waals surface area contributed by atoms with Crippen molar-refractivity contribution in [2.45, 2.75) is 37.6 Å². The molecule has 1 aromatic rings. The van der Waals surface area contributed by atoms with E-state index < -0.39 is 94.0 Å². The van der Waals surface area contributed by atoms with Gasteiger partial charge in [0.1, 0.15) is 11.7 Å². The Morgan fingerprint density at radius 3 is 2.39 bits per heavy atom. The van der Waals surface area contributed by atoms with Gasteiger partial charge in [-0.3, -0.25) is 28.5 Å². The lowest BCUT2D eigenvalue weighted by Gasteiger charge is -2.44. The van der Waals surface area contributed by atoms with Crippen molar-refractivity contribution in [2.75, 3.05) is 18.8 Å². The van der Waals surface area contributed by atoms with Gasteiger partial charge in [-0.2, -0.15) is 8.42 Å². The number of anilines is 1. The standard InChI is InChI=1S/C22H25N7O13S2/c1-22(2,20(37)38)42-28-14(9-7-43-21(23)26-9)16(33)27-15-10(29(19(15)36)44(39,40)41)6-25-18(35)17(34)24-5-8-3-12(31)13(32)4-11(8)30/h3-4,7,10-11,15,30,32H,5-6H2,1-2H3,(H2,23,26)(H,24,34)(H,25,35)(H,27,33)(H,37,38)(H,39,40,41)/t10-,11?,15+/m1/s1. The Bertz CT molecular complexity index is 1610. The van der Waals surface area contributed by atoms with E-state index in [4.69, 9.17) is 10.6 Å². The second-order valence-electron chi connectivity index (χ2n) is 9.52. The first-order valence-corrected chi connectivity index (χ1v) is 14.3. The number of carboxylic acids is 1. The molecule has 0 spiro atoms. The molecule has 1 aromatic heterocycles. The number of carbonyl (C=O) groups is 6. The molecule has 0 radical (unpaired) electrons. The zero-order valence-corrected chi connectivity index (χ0v) is 24.2. The molecular weight excluding hydrogens is 634 g/mol. The maximum atomic E-state index is 13.1. The first-order valence-electron chi connectivity index (χ1n) is 12.1. The van der Waals surface area contributed by atoms with Gasteiger partial charge in [0.2, 0.25) is 11.4 Å². The number of nitrogens with two attached hydrogens (primary N) is 1. The van der Waals surface area contributed by atoms with E-state index in [0.717, 1.165) is 37.3 Å². The van der Waals surface area contributed by atoms with E-state index in [2.05, 4.69) is 20.8 Å². The predicted octanol–water partition coefficient (Wildman–Crippen LogP) is -3.65. The molecule has 9 N–H and O–H groups in total. The van der Waals surface area contributed by atoms with Gasteiger partial charge in [-0.15, -0.1) is 11.3 Å². The first kappa shape index (κ1) is 33.6. The van der Waals surface area contributed by atoms with E-state index >= 15 is 0 Å². The number of amides is 4. The summed E-state index contributed by atoms with van der Waals surface area (Å²) in [5, 5.41) is 39.5. The molecule has 22 heteroatoms. The minimum atomic E-state index is -5.21. The topological polar surface area (TPSA) is 317 Å². The molecule has 1 aliphatic heterocycles. The first-order chi connectivity index (χ1) is 20.3. The number of aliphatic hydroxyl groups is 2. The average Bonchev–Trinajstić information content (AvgIpc) is 3.35. The van der Waals surface area contributed by atoms with Crippen LogP contribution in [-0.2, 0) is 43.9 Å². The number of nitrogens with zero attached hydrogens (tertiary/aromatic N) is 3. The van der Waals surface area contributed by atoms with Crippen LogP contribution in [0, 0.1) is 0 Å². The fourth-order valence-electron chi connectivity index (χ4n) is 3.53. The van der Waals surface area contributed by atoms with Gasteiger partial charge in [-0.05, 0) is 31.6 Å². The molecule has 3 rings (SSSR count). The van der Waals surface area contributed by atoms with Crippen molar-refractivity contribution >= 4 is 67.9 Å². The third kappa shape index (κ3) is 7.52. The van der Waals surface area contributed by atoms with Crippen molar-refractivity contribution in [1.29, 1.82) is 0 Å². The number of ketones is 1. The fourth-order valence-corrected chi connectivity index (χ4v) is 4.96. The molecule has 1 aliphatic carbocycles. The number of hydrogen-bond donors (Lipinski definition) is 8. The molecule has 238 valence electrons. The smallest absolute Gasteiger partial charge is 0.362 e. The highest BCUT2D eigenvalue weighted by Crippen LogP contribution is 2.24. The van der Waals surface area contributed by atoms with Gasteiger partial charge in [-0.1, -0.05) is 5.16 Å². The van der Waals surface area contributed by atoms with Crippen LogP contribution in [0.25, 0.3) is 0 Å². The summed E-state index contributed by atoms with van der Waals surface area (Å²) in [6.07, 6.45) is 0.231. The van der Waals surface area contributed by atoms with Crippen LogP contribution in [0.1, 0.15) is 19.5 Å². The lowest BCUT2D eigenvalue weighted by Crippen LogP contribution is -2.74. The SMILES string of the molecule is CC(C)(ON=C(C(=O)N[C@@H]1C(=O)N(S(=O)(=O)O)[C@@H]1CNC(=O)C(=O)NCC1=CC(=O)C(O)=CC1O)c1csc(N)n1)C(=O)O. The van der Waals surface area contributed by atoms with Crippen LogP contribution in [0.5, 0.6) is 0 Å². The largest absolute Gasteiger partial charge is 0.504 e.